The second-order valence-electron chi connectivity index (χ2n) is 17.6. The highest BCUT2D eigenvalue weighted by Gasteiger charge is 2.50. The standard InChI is InChI=1S/C46H57F3N4O4Si/c1-28(2)58(29(3)4,30(5)6)18-14-35-38(48)13-12-31-19-34(56-27-54-7)21-36(41(31)35)37-22-39-42-44(43(37)49)57-40(55-25-46-15-10-16-52(46)24-32(47)23-46)20-33-11-8-9-17-53(33)45(42)51-26-50-39/h11-13,19-22,28-30,32,45,50-51H,8-10,15-17,23-27H2,1-7H3/t32-,45?,46+/m1/s1. The van der Waals surface area contributed by atoms with Gasteiger partial charge in [0.2, 0.25) is 0 Å². The van der Waals surface area contributed by atoms with Crippen LogP contribution in [0.4, 0.5) is 18.9 Å². The van der Waals surface area contributed by atoms with Gasteiger partial charge in [-0.15, -0.1) is 5.54 Å². The van der Waals surface area contributed by atoms with E-state index in [4.69, 9.17) is 18.9 Å². The average Bonchev–Trinajstić information content (AvgIpc) is 3.72. The molecule has 0 radical (unpaired) electrons. The Morgan fingerprint density at radius 2 is 1.79 bits per heavy atom. The summed E-state index contributed by atoms with van der Waals surface area (Å²) in [6, 6.07) is 8.48. The quantitative estimate of drug-likeness (QED) is 0.119. The molecule has 0 bridgehead atoms. The molecule has 2 saturated heterocycles. The third-order valence-electron chi connectivity index (χ3n) is 13.4. The van der Waals surface area contributed by atoms with Gasteiger partial charge in [-0.2, -0.15) is 0 Å². The van der Waals surface area contributed by atoms with E-state index < -0.39 is 37.6 Å². The molecular formula is C46H57F3N4O4Si. The van der Waals surface area contributed by atoms with Crippen molar-refractivity contribution in [3.8, 4) is 34.1 Å². The van der Waals surface area contributed by atoms with E-state index >= 15 is 8.78 Å². The first-order valence-corrected chi connectivity index (χ1v) is 23.2. The van der Waals surface area contributed by atoms with E-state index in [1.807, 2.05) is 12.1 Å². The summed E-state index contributed by atoms with van der Waals surface area (Å²) in [6.07, 6.45) is 6.73. The number of ether oxygens (including phenoxy) is 4. The summed E-state index contributed by atoms with van der Waals surface area (Å²) in [5.41, 5.74) is 7.35. The zero-order valence-corrected chi connectivity index (χ0v) is 35.9. The van der Waals surface area contributed by atoms with Gasteiger partial charge in [-0.25, -0.2) is 13.2 Å². The molecule has 5 heterocycles. The van der Waals surface area contributed by atoms with Crippen molar-refractivity contribution in [2.75, 3.05) is 52.1 Å². The van der Waals surface area contributed by atoms with E-state index in [-0.39, 0.29) is 36.2 Å². The molecule has 1 unspecified atom stereocenters. The maximum absolute atomic E-state index is 18.0. The molecule has 0 saturated carbocycles. The molecule has 0 aromatic heterocycles. The molecule has 3 atom stereocenters. The number of benzene rings is 3. The van der Waals surface area contributed by atoms with Gasteiger partial charge in [-0.05, 0) is 84.1 Å². The Kier molecular flexibility index (Phi) is 11.3. The lowest BCUT2D eigenvalue weighted by Crippen LogP contribution is -2.45. The number of allylic oxidation sites excluding steroid dienone is 2. The Labute approximate surface area is 342 Å². The summed E-state index contributed by atoms with van der Waals surface area (Å²) >= 11 is 0. The molecule has 5 aliphatic heterocycles. The number of fused-ring (bicyclic) bond motifs is 4. The van der Waals surface area contributed by atoms with Crippen LogP contribution in [-0.2, 0) is 9.47 Å². The molecule has 0 amide bonds. The van der Waals surface area contributed by atoms with Crippen molar-refractivity contribution in [1.29, 1.82) is 0 Å². The molecular weight excluding hydrogens is 758 g/mol. The normalized spacial score (nSPS) is 22.9. The summed E-state index contributed by atoms with van der Waals surface area (Å²) < 4.78 is 73.5. The second-order valence-corrected chi connectivity index (χ2v) is 23.2. The Bertz CT molecular complexity index is 2180. The Morgan fingerprint density at radius 3 is 2.55 bits per heavy atom. The maximum Gasteiger partial charge on any atom is 0.286 e. The average molecular weight is 815 g/mol. The predicted molar refractivity (Wildman–Crippen MR) is 226 cm³/mol. The smallest absolute Gasteiger partial charge is 0.286 e. The molecule has 8 rings (SSSR count). The van der Waals surface area contributed by atoms with Gasteiger partial charge in [0.1, 0.15) is 38.6 Å². The first kappa shape index (κ1) is 40.6. The number of nitrogens with one attached hydrogen (secondary N) is 2. The number of methoxy groups -OCH3 is 1. The van der Waals surface area contributed by atoms with Crippen molar-refractivity contribution in [3.63, 3.8) is 0 Å². The Hall–Kier alpha value is -4.15. The van der Waals surface area contributed by atoms with Crippen molar-refractivity contribution in [2.24, 2.45) is 0 Å². The summed E-state index contributed by atoms with van der Waals surface area (Å²) in [7, 11) is -0.751. The molecule has 58 heavy (non-hydrogen) atoms. The fourth-order valence-electron chi connectivity index (χ4n) is 10.7. The van der Waals surface area contributed by atoms with Crippen LogP contribution in [0.2, 0.25) is 16.6 Å². The Balaban J connectivity index is 1.32. The van der Waals surface area contributed by atoms with E-state index in [0.29, 0.717) is 69.6 Å². The molecule has 12 heteroatoms. The molecule has 0 aliphatic carbocycles. The zero-order chi connectivity index (χ0) is 40.9. The molecule has 0 spiro atoms. The van der Waals surface area contributed by atoms with Gasteiger partial charge in [0.05, 0.1) is 23.3 Å². The van der Waals surface area contributed by atoms with Gasteiger partial charge in [-0.3, -0.25) is 10.2 Å². The fraction of sp³-hybridized carbons (Fsp3) is 0.522. The van der Waals surface area contributed by atoms with E-state index in [1.54, 1.807) is 18.2 Å². The number of rotatable bonds is 10. The lowest BCUT2D eigenvalue weighted by molar-refractivity contribution is 0.0250. The minimum atomic E-state index is -2.29. The highest BCUT2D eigenvalue weighted by atomic mass is 28.3. The van der Waals surface area contributed by atoms with E-state index in [9.17, 15) is 4.39 Å². The van der Waals surface area contributed by atoms with Crippen LogP contribution in [-0.4, -0.2) is 76.4 Å². The number of halogens is 3. The van der Waals surface area contributed by atoms with Gasteiger partial charge in [0.15, 0.2) is 18.4 Å². The number of hydrogen-bond donors (Lipinski definition) is 2. The number of anilines is 1. The number of hydrogen-bond acceptors (Lipinski definition) is 8. The van der Waals surface area contributed by atoms with E-state index in [1.165, 1.54) is 13.2 Å². The third-order valence-corrected chi connectivity index (χ3v) is 19.7. The zero-order valence-electron chi connectivity index (χ0n) is 34.9. The van der Waals surface area contributed by atoms with Crippen molar-refractivity contribution >= 4 is 24.5 Å². The molecule has 2 fully saturated rings. The van der Waals surface area contributed by atoms with E-state index in [2.05, 4.69) is 79.5 Å². The van der Waals surface area contributed by atoms with Crippen LogP contribution in [0.25, 0.3) is 21.9 Å². The largest absolute Gasteiger partial charge is 0.468 e. The lowest BCUT2D eigenvalue weighted by atomic mass is 9.91. The molecule has 2 N–H and O–H groups in total. The topological polar surface area (TPSA) is 67.5 Å². The molecule has 310 valence electrons. The van der Waals surface area contributed by atoms with Crippen LogP contribution in [0.3, 0.4) is 0 Å². The van der Waals surface area contributed by atoms with Crippen LogP contribution in [0.1, 0.15) is 90.9 Å². The SMILES string of the molecule is COCOc1cc(-c2cc3c4c(c2F)OC(OC[C@@]25CCCN2C[C@H](F)C5)=CC2=CCCCN2C4NCN3)c2c(C#C[Si](C(C)C)(C(C)C)C(C)C)c(F)ccc2c1. The van der Waals surface area contributed by atoms with Crippen molar-refractivity contribution in [2.45, 2.75) is 108 Å². The minimum absolute atomic E-state index is 0.00916. The molecule has 3 aromatic carbocycles. The van der Waals surface area contributed by atoms with Crippen LogP contribution < -0.4 is 20.1 Å². The summed E-state index contributed by atoms with van der Waals surface area (Å²) in [5, 5.41) is 8.15. The van der Waals surface area contributed by atoms with Crippen molar-refractivity contribution in [1.82, 2.24) is 15.1 Å². The van der Waals surface area contributed by atoms with Gasteiger partial charge >= 0.3 is 0 Å². The predicted octanol–water partition coefficient (Wildman–Crippen LogP) is 10.1. The minimum Gasteiger partial charge on any atom is -0.468 e. The first-order chi connectivity index (χ1) is 27.9. The van der Waals surface area contributed by atoms with Gasteiger partial charge in [0.25, 0.3) is 5.95 Å². The van der Waals surface area contributed by atoms with Gasteiger partial charge in [0, 0.05) is 55.0 Å². The lowest BCUT2D eigenvalue weighted by Gasteiger charge is -2.42. The van der Waals surface area contributed by atoms with Crippen LogP contribution in [0, 0.1) is 23.1 Å². The maximum atomic E-state index is 18.0. The second kappa shape index (κ2) is 16.1. The third kappa shape index (κ3) is 7.05. The monoisotopic (exact) mass is 814 g/mol. The molecule has 3 aromatic rings. The Morgan fingerprint density at radius 1 is 1.00 bits per heavy atom. The summed E-state index contributed by atoms with van der Waals surface area (Å²) in [4.78, 5) is 4.43. The van der Waals surface area contributed by atoms with Crippen LogP contribution in [0.5, 0.6) is 11.5 Å². The fourth-order valence-corrected chi connectivity index (χ4v) is 15.9. The van der Waals surface area contributed by atoms with E-state index in [0.717, 1.165) is 44.5 Å². The molecule has 8 nitrogen and oxygen atoms in total. The number of nitrogens with zero attached hydrogens (tertiary/aromatic N) is 2. The number of alkyl halides is 1. The van der Waals surface area contributed by atoms with Crippen molar-refractivity contribution in [3.05, 3.63) is 76.9 Å². The van der Waals surface area contributed by atoms with Crippen molar-refractivity contribution < 1.29 is 32.1 Å². The van der Waals surface area contributed by atoms with Crippen LogP contribution in [0.15, 0.2) is 54.1 Å². The van der Waals surface area contributed by atoms with Gasteiger partial charge in [-0.1, -0.05) is 59.6 Å². The highest BCUT2D eigenvalue weighted by molar-refractivity contribution is 6.90. The summed E-state index contributed by atoms with van der Waals surface area (Å²) in [6.45, 7) is 16.0. The van der Waals surface area contributed by atoms with Gasteiger partial charge < -0.3 is 29.2 Å². The molecule has 5 aliphatic rings. The summed E-state index contributed by atoms with van der Waals surface area (Å²) in [5.74, 6) is 2.89. The first-order valence-electron chi connectivity index (χ1n) is 21.0. The highest BCUT2D eigenvalue weighted by Crippen LogP contribution is 2.49. The van der Waals surface area contributed by atoms with Crippen LogP contribution >= 0.6 is 0 Å².